The molecule has 1 atom stereocenters. The van der Waals surface area contributed by atoms with Crippen molar-refractivity contribution in [3.63, 3.8) is 0 Å². The minimum absolute atomic E-state index is 0.312. The van der Waals surface area contributed by atoms with E-state index in [-0.39, 0.29) is 11.8 Å². The number of fused-ring (bicyclic) bond motifs is 12. The molecule has 4 heterocycles. The molecule has 0 fully saturated rings. The van der Waals surface area contributed by atoms with Gasteiger partial charge in [-0.05, 0) is 61.3 Å². The highest BCUT2D eigenvalue weighted by Gasteiger charge is 2.35. The van der Waals surface area contributed by atoms with E-state index in [4.69, 9.17) is 0 Å². The number of hydrogen-bond donors (Lipinski definition) is 1. The number of benzene rings is 4. The van der Waals surface area contributed by atoms with Crippen LogP contribution in [0.3, 0.4) is 0 Å². The highest BCUT2D eigenvalue weighted by Crippen LogP contribution is 2.39. The number of carbonyl (C=O) groups excluding carboxylic acids is 2. The van der Waals surface area contributed by atoms with Gasteiger partial charge in [0, 0.05) is 58.4 Å². The highest BCUT2D eigenvalue weighted by molar-refractivity contribution is 6.50. The molecular weight excluding hydrogens is 603 g/mol. The van der Waals surface area contributed by atoms with Gasteiger partial charge in [0.05, 0.1) is 11.1 Å². The summed E-state index contributed by atoms with van der Waals surface area (Å²) in [6.45, 7) is 8.41. The number of aryl methyl sites for hydroxylation is 4. The van der Waals surface area contributed by atoms with Crippen molar-refractivity contribution in [2.45, 2.75) is 72.4 Å². The lowest BCUT2D eigenvalue weighted by Gasteiger charge is -2.16. The fourth-order valence-corrected chi connectivity index (χ4v) is 7.08. The highest BCUT2D eigenvalue weighted by atomic mass is 16.2. The van der Waals surface area contributed by atoms with Crippen LogP contribution >= 0.6 is 0 Å². The Kier molecular flexibility index (Phi) is 10.9. The molecule has 250 valence electrons. The second-order valence-corrected chi connectivity index (χ2v) is 12.9. The molecule has 2 aliphatic heterocycles. The van der Waals surface area contributed by atoms with E-state index < -0.39 is 0 Å². The fraction of sp³-hybridized carbons (Fsp3) is 0.273. The van der Waals surface area contributed by atoms with Gasteiger partial charge in [0.15, 0.2) is 0 Å². The summed E-state index contributed by atoms with van der Waals surface area (Å²) < 4.78 is 4.52. The minimum atomic E-state index is -0.312. The monoisotopic (exact) mass is 649 g/mol. The molecule has 0 saturated heterocycles. The van der Waals surface area contributed by atoms with Gasteiger partial charge in [0.2, 0.25) is 0 Å². The Hall–Kier alpha value is -5.16. The zero-order valence-corrected chi connectivity index (χ0v) is 29.0. The molecule has 4 aromatic carbocycles. The summed E-state index contributed by atoms with van der Waals surface area (Å²) in [5, 5.41) is 4.61. The van der Waals surface area contributed by atoms with Gasteiger partial charge in [-0.3, -0.25) is 14.9 Å². The van der Waals surface area contributed by atoms with Crippen LogP contribution in [0.25, 0.3) is 33.0 Å². The van der Waals surface area contributed by atoms with Gasteiger partial charge in [-0.2, -0.15) is 0 Å². The van der Waals surface area contributed by atoms with Crippen LogP contribution in [-0.4, -0.2) is 20.9 Å². The van der Waals surface area contributed by atoms with E-state index >= 15 is 0 Å². The van der Waals surface area contributed by atoms with E-state index in [1.165, 1.54) is 17.5 Å². The van der Waals surface area contributed by atoms with Crippen molar-refractivity contribution in [2.24, 2.45) is 5.92 Å². The summed E-state index contributed by atoms with van der Waals surface area (Å²) in [6, 6.07) is 37.3. The number of nitrogens with one attached hydrogen (secondary N) is 1. The van der Waals surface area contributed by atoms with E-state index in [9.17, 15) is 9.59 Å². The molecule has 0 aliphatic carbocycles. The van der Waals surface area contributed by atoms with E-state index in [0.717, 1.165) is 78.1 Å². The van der Waals surface area contributed by atoms with Gasteiger partial charge in [-0.25, -0.2) is 0 Å². The number of hydrogen-bond acceptors (Lipinski definition) is 2. The first-order chi connectivity index (χ1) is 24.0. The van der Waals surface area contributed by atoms with E-state index in [1.54, 1.807) is 0 Å². The first kappa shape index (κ1) is 33.7. The Balaban J connectivity index is 0.000000213. The molecule has 5 nitrogen and oxygen atoms in total. The molecule has 0 radical (unpaired) electrons. The normalized spacial score (nSPS) is 15.9. The number of para-hydroxylation sites is 2. The molecular formula is C44H47N3O2. The summed E-state index contributed by atoms with van der Waals surface area (Å²) in [7, 11) is 0. The van der Waals surface area contributed by atoms with Gasteiger partial charge in [0.1, 0.15) is 0 Å². The molecule has 2 amide bonds. The number of imide groups is 1. The zero-order chi connectivity index (χ0) is 34.2. The van der Waals surface area contributed by atoms with Crippen LogP contribution < -0.4 is 5.32 Å². The maximum absolute atomic E-state index is 13.2. The molecule has 2 aliphatic rings. The van der Waals surface area contributed by atoms with E-state index in [1.807, 2.05) is 36.4 Å². The number of rotatable bonds is 3. The van der Waals surface area contributed by atoms with Crippen molar-refractivity contribution in [3.8, 4) is 0 Å². The molecule has 0 spiro atoms. The molecule has 1 N–H and O–H groups in total. The third kappa shape index (κ3) is 7.46. The number of amides is 2. The molecule has 6 aromatic rings. The largest absolute Gasteiger partial charge is 0.347 e. The lowest BCUT2D eigenvalue weighted by Crippen LogP contribution is -2.22. The van der Waals surface area contributed by atoms with E-state index in [2.05, 4.69) is 120 Å². The molecule has 0 saturated carbocycles. The van der Waals surface area contributed by atoms with Crippen molar-refractivity contribution in [1.29, 1.82) is 0 Å². The van der Waals surface area contributed by atoms with Gasteiger partial charge < -0.3 is 9.13 Å². The standard InChI is InChI=1S/C28H27N3O2.2C8H10/c1-2-18-8-7-14-30-16-21(19-9-3-5-11-23(19)30)25-26(28(33)29-27(25)32)22-17-31(15-13-18)24-12-6-4-10-20(22)24;2*1-2-8-6-4-3-5-7-8/h3-6,9-12,16-18H,2,7-8,13-15H2,1H3,(H,29,32,33);2*3-7H,2H2,1H3. The van der Waals surface area contributed by atoms with Crippen LogP contribution in [0.15, 0.2) is 122 Å². The number of carbonyl (C=O) groups is 2. The summed E-state index contributed by atoms with van der Waals surface area (Å²) in [5.41, 5.74) is 7.69. The van der Waals surface area contributed by atoms with Crippen LogP contribution in [0.5, 0.6) is 0 Å². The topological polar surface area (TPSA) is 56.0 Å². The summed E-state index contributed by atoms with van der Waals surface area (Å²) in [4.78, 5) is 26.3. The minimum Gasteiger partial charge on any atom is -0.347 e. The Labute approximate surface area is 290 Å². The smallest absolute Gasteiger partial charge is 0.259 e. The predicted molar refractivity (Wildman–Crippen MR) is 203 cm³/mol. The van der Waals surface area contributed by atoms with Gasteiger partial charge in [-0.1, -0.05) is 124 Å². The van der Waals surface area contributed by atoms with Crippen LogP contribution in [0.2, 0.25) is 0 Å². The summed E-state index contributed by atoms with van der Waals surface area (Å²) in [6.07, 6.45) is 11.0. The van der Waals surface area contributed by atoms with Gasteiger partial charge in [0.25, 0.3) is 11.8 Å². The Morgan fingerprint density at radius 1 is 0.571 bits per heavy atom. The molecule has 2 aromatic heterocycles. The average molecular weight is 650 g/mol. The molecule has 8 rings (SSSR count). The first-order valence-corrected chi connectivity index (χ1v) is 17.9. The number of aromatic nitrogens is 2. The fourth-order valence-electron chi connectivity index (χ4n) is 7.08. The first-order valence-electron chi connectivity index (χ1n) is 17.9. The Bertz CT molecular complexity index is 2030. The lowest BCUT2D eigenvalue weighted by molar-refractivity contribution is -0.122. The maximum atomic E-state index is 13.2. The summed E-state index contributed by atoms with van der Waals surface area (Å²) >= 11 is 0. The lowest BCUT2D eigenvalue weighted by atomic mass is 9.95. The van der Waals surface area contributed by atoms with Crippen molar-refractivity contribution in [2.75, 3.05) is 0 Å². The Morgan fingerprint density at radius 3 is 1.47 bits per heavy atom. The molecule has 49 heavy (non-hydrogen) atoms. The molecule has 1 unspecified atom stereocenters. The second kappa shape index (κ2) is 15.8. The molecule has 4 bridgehead atoms. The average Bonchev–Trinajstić information content (AvgIpc) is 3.80. The Morgan fingerprint density at radius 2 is 1.02 bits per heavy atom. The van der Waals surface area contributed by atoms with Crippen molar-refractivity contribution in [1.82, 2.24) is 14.5 Å². The SMILES string of the molecule is CCC1CCCn2cc(c3ccccc32)C2=C(C(=O)NC2=O)c2cn(c3ccccc23)CC1.CCc1ccccc1.CCc1ccccc1. The zero-order valence-electron chi connectivity index (χ0n) is 29.0. The van der Waals surface area contributed by atoms with Crippen molar-refractivity contribution >= 4 is 44.8 Å². The molecule has 5 heteroatoms. The second-order valence-electron chi connectivity index (χ2n) is 12.9. The van der Waals surface area contributed by atoms with Crippen LogP contribution in [0.1, 0.15) is 68.7 Å². The van der Waals surface area contributed by atoms with Crippen LogP contribution in [0, 0.1) is 5.92 Å². The van der Waals surface area contributed by atoms with Crippen molar-refractivity contribution in [3.05, 3.63) is 144 Å². The number of nitrogens with zero attached hydrogens (tertiary/aromatic N) is 2. The third-order valence-electron chi connectivity index (χ3n) is 9.92. The van der Waals surface area contributed by atoms with Crippen molar-refractivity contribution < 1.29 is 9.59 Å². The quantitative estimate of drug-likeness (QED) is 0.194. The van der Waals surface area contributed by atoms with E-state index in [0.29, 0.717) is 17.1 Å². The van der Waals surface area contributed by atoms with Gasteiger partial charge in [-0.15, -0.1) is 0 Å². The van der Waals surface area contributed by atoms with Crippen LogP contribution in [0.4, 0.5) is 0 Å². The maximum Gasteiger partial charge on any atom is 0.259 e. The summed E-state index contributed by atoms with van der Waals surface area (Å²) in [5.74, 6) is 0.0334. The van der Waals surface area contributed by atoms with Gasteiger partial charge >= 0.3 is 0 Å². The van der Waals surface area contributed by atoms with Crippen LogP contribution in [-0.2, 0) is 35.5 Å². The predicted octanol–water partition coefficient (Wildman–Crippen LogP) is 9.87. The third-order valence-corrected chi connectivity index (χ3v) is 9.92.